The molecule has 98 valence electrons. The van der Waals surface area contributed by atoms with E-state index in [1.54, 1.807) is 0 Å². The van der Waals surface area contributed by atoms with Gasteiger partial charge in [0.05, 0.1) is 0 Å². The topological polar surface area (TPSA) is 9.23 Å². The Labute approximate surface area is 136 Å². The van der Waals surface area contributed by atoms with Crippen molar-refractivity contribution in [2.24, 2.45) is 0 Å². The van der Waals surface area contributed by atoms with E-state index in [1.165, 1.54) is 0 Å². The Morgan fingerprint density at radius 2 is 1.37 bits per heavy atom. The van der Waals surface area contributed by atoms with Gasteiger partial charge in [-0.3, -0.25) is 0 Å². The predicted octanol–water partition coefficient (Wildman–Crippen LogP) is 5.82. The van der Waals surface area contributed by atoms with Crippen LogP contribution in [-0.4, -0.2) is 8.08 Å². The van der Waals surface area contributed by atoms with Gasteiger partial charge in [0.2, 0.25) is 0 Å². The first kappa shape index (κ1) is 15.4. The molecule has 0 amide bonds. The molecule has 0 radical (unpaired) electrons. The van der Waals surface area contributed by atoms with E-state index in [0.29, 0.717) is 0 Å². The van der Waals surface area contributed by atoms with E-state index in [9.17, 15) is 0 Å². The SMILES string of the molecule is [Br][Ge]([Br])([Br])[O]/C(=C\c1ccccc1)c1ccccc1. The Bertz CT molecular complexity index is 550. The fraction of sp³-hybridized carbons (Fsp3) is 0. The third-order valence-corrected chi connectivity index (χ3v) is 5.85. The van der Waals surface area contributed by atoms with Crippen LogP contribution in [0.25, 0.3) is 11.8 Å². The summed E-state index contributed by atoms with van der Waals surface area (Å²) in [6.07, 6.45) is 2.04. The van der Waals surface area contributed by atoms with Gasteiger partial charge >= 0.3 is 137 Å². The zero-order valence-corrected chi connectivity index (χ0v) is 16.7. The van der Waals surface area contributed by atoms with Gasteiger partial charge in [0.15, 0.2) is 0 Å². The van der Waals surface area contributed by atoms with Crippen LogP contribution >= 0.6 is 42.0 Å². The van der Waals surface area contributed by atoms with Crippen LogP contribution in [-0.2, 0) is 3.76 Å². The van der Waals surface area contributed by atoms with E-state index >= 15 is 0 Å². The molecule has 0 saturated heterocycles. The van der Waals surface area contributed by atoms with Gasteiger partial charge in [0, 0.05) is 0 Å². The van der Waals surface area contributed by atoms with Crippen LogP contribution in [0.5, 0.6) is 0 Å². The van der Waals surface area contributed by atoms with Gasteiger partial charge in [-0.25, -0.2) is 0 Å². The van der Waals surface area contributed by atoms with Crippen molar-refractivity contribution in [1.29, 1.82) is 0 Å². The average Bonchev–Trinajstić information content (AvgIpc) is 2.39. The maximum atomic E-state index is 6.03. The van der Waals surface area contributed by atoms with Crippen LogP contribution in [0, 0.1) is 0 Å². The molecule has 2 aromatic rings. The quantitative estimate of drug-likeness (QED) is 0.288. The standard InChI is InChI=1S/C14H11Br3GeO/c15-18(16,17)19-14(13-9-5-2-6-10-13)11-12-7-3-1-4-8-12/h1-11H/b14-11-. The van der Waals surface area contributed by atoms with Gasteiger partial charge in [-0.05, 0) is 0 Å². The summed E-state index contributed by atoms with van der Waals surface area (Å²) in [5.74, 6) is 0.845. The number of hydrogen-bond acceptors (Lipinski definition) is 1. The molecule has 2 rings (SSSR count). The number of hydrogen-bond donors (Lipinski definition) is 0. The second-order valence-electron chi connectivity index (χ2n) is 3.83. The van der Waals surface area contributed by atoms with Crippen LogP contribution in [0.3, 0.4) is 0 Å². The molecule has 0 aliphatic rings. The Hall–Kier alpha value is -0.0371. The van der Waals surface area contributed by atoms with Crippen molar-refractivity contribution in [2.75, 3.05) is 0 Å². The molecule has 0 aliphatic carbocycles. The molecule has 1 nitrogen and oxygen atoms in total. The molecule has 0 spiro atoms. The van der Waals surface area contributed by atoms with E-state index < -0.39 is 8.08 Å². The van der Waals surface area contributed by atoms with Crippen molar-refractivity contribution in [3.63, 3.8) is 0 Å². The first-order valence-corrected chi connectivity index (χ1v) is 21.2. The summed E-state index contributed by atoms with van der Waals surface area (Å²) in [4.78, 5) is 0. The molecular formula is C14H11Br3GeO. The predicted molar refractivity (Wildman–Crippen MR) is 94.4 cm³/mol. The molecule has 5 heteroatoms. The van der Waals surface area contributed by atoms with E-state index in [2.05, 4.69) is 54.1 Å². The third-order valence-electron chi connectivity index (χ3n) is 2.38. The maximum absolute atomic E-state index is 6.03. The first-order chi connectivity index (χ1) is 9.04. The molecule has 0 atom stereocenters. The van der Waals surface area contributed by atoms with E-state index in [4.69, 9.17) is 3.76 Å². The molecule has 0 aromatic heterocycles. The van der Waals surface area contributed by atoms with Gasteiger partial charge < -0.3 is 0 Å². The summed E-state index contributed by atoms with van der Waals surface area (Å²) in [5, 5.41) is 0. The molecule has 0 saturated carbocycles. The molecule has 0 heterocycles. The van der Waals surface area contributed by atoms with Crippen molar-refractivity contribution < 1.29 is 3.76 Å². The molecule has 19 heavy (non-hydrogen) atoms. The van der Waals surface area contributed by atoms with Crippen molar-refractivity contribution in [2.45, 2.75) is 0 Å². The van der Waals surface area contributed by atoms with Crippen LogP contribution in [0.4, 0.5) is 0 Å². The van der Waals surface area contributed by atoms with Crippen LogP contribution in [0.1, 0.15) is 11.1 Å². The van der Waals surface area contributed by atoms with Crippen molar-refractivity contribution in [1.82, 2.24) is 0 Å². The minimum absolute atomic E-state index is 0.845. The Morgan fingerprint density at radius 1 is 0.842 bits per heavy atom. The molecule has 2 aromatic carbocycles. The van der Waals surface area contributed by atoms with E-state index in [0.717, 1.165) is 16.9 Å². The van der Waals surface area contributed by atoms with Crippen LogP contribution < -0.4 is 0 Å². The van der Waals surface area contributed by atoms with Gasteiger partial charge in [0.1, 0.15) is 0 Å². The molecule has 0 unspecified atom stereocenters. The summed E-state index contributed by atoms with van der Waals surface area (Å²) in [5.41, 5.74) is 2.17. The molecule has 0 aliphatic heterocycles. The first-order valence-electron chi connectivity index (χ1n) is 5.62. The number of rotatable bonds is 4. The number of halogens is 3. The van der Waals surface area contributed by atoms with Gasteiger partial charge in [-0.15, -0.1) is 0 Å². The zero-order valence-electron chi connectivity index (χ0n) is 9.89. The number of benzene rings is 2. The van der Waals surface area contributed by atoms with Crippen LogP contribution in [0.2, 0.25) is 0 Å². The van der Waals surface area contributed by atoms with Gasteiger partial charge in [-0.2, -0.15) is 0 Å². The Kier molecular flexibility index (Phi) is 5.75. The second kappa shape index (κ2) is 7.11. The van der Waals surface area contributed by atoms with Gasteiger partial charge in [-0.1, -0.05) is 0 Å². The summed E-state index contributed by atoms with van der Waals surface area (Å²) >= 11 is 10.6. The van der Waals surface area contributed by atoms with Crippen molar-refractivity contribution >= 4 is 61.9 Å². The monoisotopic (exact) mass is 506 g/mol. The summed E-state index contributed by atoms with van der Waals surface area (Å²) in [6.45, 7) is 0. The van der Waals surface area contributed by atoms with E-state index in [-0.39, 0.29) is 0 Å². The Balaban J connectivity index is 2.38. The van der Waals surface area contributed by atoms with E-state index in [1.807, 2.05) is 54.6 Å². The normalized spacial score (nSPS) is 12.3. The van der Waals surface area contributed by atoms with Gasteiger partial charge in [0.25, 0.3) is 0 Å². The molecular weight excluding hydrogens is 496 g/mol. The Morgan fingerprint density at radius 3 is 1.89 bits per heavy atom. The fourth-order valence-corrected chi connectivity index (χ4v) is 5.21. The van der Waals surface area contributed by atoms with Crippen LogP contribution in [0.15, 0.2) is 60.7 Å². The summed E-state index contributed by atoms with van der Waals surface area (Å²) < 4.78 is 6.03. The van der Waals surface area contributed by atoms with Crippen molar-refractivity contribution in [3.05, 3.63) is 71.8 Å². The minimum atomic E-state index is -2.68. The third kappa shape index (κ3) is 5.46. The molecule has 0 fully saturated rings. The second-order valence-corrected chi connectivity index (χ2v) is 40.1. The fourth-order valence-electron chi connectivity index (χ4n) is 1.60. The molecule has 0 N–H and O–H groups in total. The average molecular weight is 508 g/mol. The summed E-state index contributed by atoms with van der Waals surface area (Å²) in [7, 11) is -2.68. The zero-order chi connectivity index (χ0) is 13.7. The van der Waals surface area contributed by atoms with Crippen molar-refractivity contribution in [3.8, 4) is 0 Å². The summed E-state index contributed by atoms with van der Waals surface area (Å²) in [6, 6.07) is 20.2. The molecule has 0 bridgehead atoms.